The molecule has 1 aromatic rings. The lowest BCUT2D eigenvalue weighted by molar-refractivity contribution is -0.118. The molecule has 1 N–H and O–H groups in total. The summed E-state index contributed by atoms with van der Waals surface area (Å²) in [5.41, 5.74) is 2.05. The Kier molecular flexibility index (Phi) is 2.62. The first kappa shape index (κ1) is 10.0. The van der Waals surface area contributed by atoms with E-state index in [1.165, 1.54) is 0 Å². The van der Waals surface area contributed by atoms with Gasteiger partial charge in [0.05, 0.1) is 11.4 Å². The number of anilines is 2. The number of carbonyl (C=O) groups excluding carboxylic acids is 1. The molecule has 3 heteroatoms. The zero-order valence-electron chi connectivity index (χ0n) is 9.16. The molecule has 15 heavy (non-hydrogen) atoms. The van der Waals surface area contributed by atoms with Crippen LogP contribution in [0.1, 0.15) is 20.3 Å². The predicted molar refractivity (Wildman–Crippen MR) is 62.2 cm³/mol. The van der Waals surface area contributed by atoms with Gasteiger partial charge in [-0.05, 0) is 26.0 Å². The Bertz CT molecular complexity index is 376. The zero-order chi connectivity index (χ0) is 10.8. The average Bonchev–Trinajstić information content (AvgIpc) is 2.32. The highest BCUT2D eigenvalue weighted by atomic mass is 16.2. The molecular formula is C12H16N2O. The van der Waals surface area contributed by atoms with Crippen LogP contribution in [0, 0.1) is 0 Å². The van der Waals surface area contributed by atoms with Crippen molar-refractivity contribution >= 4 is 17.3 Å². The number of nitrogens with one attached hydrogen (secondary N) is 1. The molecule has 2 rings (SSSR count). The van der Waals surface area contributed by atoms with Crippen LogP contribution in [0.5, 0.6) is 0 Å². The molecule has 1 atom stereocenters. The SMILES string of the molecule is CCN1C(=O)C[C@@H](C)Nc2ccccc21. The summed E-state index contributed by atoms with van der Waals surface area (Å²) in [5, 5.41) is 3.35. The summed E-state index contributed by atoms with van der Waals surface area (Å²) in [7, 11) is 0. The molecule has 1 aliphatic rings. The topological polar surface area (TPSA) is 32.3 Å². The maximum atomic E-state index is 11.9. The molecule has 1 amide bonds. The second kappa shape index (κ2) is 3.93. The minimum absolute atomic E-state index is 0.197. The van der Waals surface area contributed by atoms with Crippen molar-refractivity contribution in [3.05, 3.63) is 24.3 Å². The number of benzene rings is 1. The molecule has 0 aromatic heterocycles. The number of nitrogens with zero attached hydrogens (tertiary/aromatic N) is 1. The lowest BCUT2D eigenvalue weighted by Crippen LogP contribution is -2.31. The normalized spacial score (nSPS) is 20.5. The van der Waals surface area contributed by atoms with Crippen molar-refractivity contribution in [2.24, 2.45) is 0 Å². The second-order valence-electron chi connectivity index (χ2n) is 3.90. The van der Waals surface area contributed by atoms with Gasteiger partial charge < -0.3 is 10.2 Å². The number of para-hydroxylation sites is 2. The van der Waals surface area contributed by atoms with Gasteiger partial charge in [0, 0.05) is 19.0 Å². The van der Waals surface area contributed by atoms with Crippen LogP contribution < -0.4 is 10.2 Å². The predicted octanol–water partition coefficient (Wildman–Crippen LogP) is 2.24. The van der Waals surface area contributed by atoms with Crippen molar-refractivity contribution in [1.82, 2.24) is 0 Å². The molecule has 0 saturated carbocycles. The number of carbonyl (C=O) groups is 1. The fourth-order valence-electron chi connectivity index (χ4n) is 2.00. The summed E-state index contributed by atoms with van der Waals surface area (Å²) >= 11 is 0. The Morgan fingerprint density at radius 2 is 2.20 bits per heavy atom. The fraction of sp³-hybridized carbons (Fsp3) is 0.417. The van der Waals surface area contributed by atoms with Crippen LogP contribution in [0.25, 0.3) is 0 Å². The molecule has 0 unspecified atom stereocenters. The average molecular weight is 204 g/mol. The standard InChI is InChI=1S/C12H16N2O/c1-3-14-11-7-5-4-6-10(11)13-9(2)8-12(14)15/h4-7,9,13H,3,8H2,1-2H3/t9-/m1/s1. The number of hydrogen-bond acceptors (Lipinski definition) is 2. The van der Waals surface area contributed by atoms with E-state index in [1.54, 1.807) is 0 Å². The van der Waals surface area contributed by atoms with Crippen molar-refractivity contribution < 1.29 is 4.79 Å². The third kappa shape index (κ3) is 1.82. The third-order valence-corrected chi connectivity index (χ3v) is 2.69. The smallest absolute Gasteiger partial charge is 0.229 e. The first-order valence-corrected chi connectivity index (χ1v) is 5.38. The summed E-state index contributed by atoms with van der Waals surface area (Å²) in [5.74, 6) is 0.197. The molecule has 3 nitrogen and oxygen atoms in total. The Labute approximate surface area is 90.1 Å². The van der Waals surface area contributed by atoms with Gasteiger partial charge in [-0.1, -0.05) is 12.1 Å². The molecule has 0 saturated heterocycles. The molecule has 0 fully saturated rings. The van der Waals surface area contributed by atoms with Gasteiger partial charge in [-0.15, -0.1) is 0 Å². The Hall–Kier alpha value is -1.51. The molecule has 0 bridgehead atoms. The van der Waals surface area contributed by atoms with Crippen molar-refractivity contribution in [1.29, 1.82) is 0 Å². The molecule has 1 aromatic carbocycles. The van der Waals surface area contributed by atoms with Crippen molar-refractivity contribution in [3.63, 3.8) is 0 Å². The van der Waals surface area contributed by atoms with E-state index >= 15 is 0 Å². The summed E-state index contributed by atoms with van der Waals surface area (Å²) < 4.78 is 0. The Balaban J connectivity index is 2.46. The van der Waals surface area contributed by atoms with Gasteiger partial charge in [0.15, 0.2) is 0 Å². The third-order valence-electron chi connectivity index (χ3n) is 2.69. The molecule has 0 spiro atoms. The van der Waals surface area contributed by atoms with Crippen LogP contribution in [-0.4, -0.2) is 18.5 Å². The quantitative estimate of drug-likeness (QED) is 0.761. The zero-order valence-corrected chi connectivity index (χ0v) is 9.16. The van der Waals surface area contributed by atoms with E-state index in [-0.39, 0.29) is 11.9 Å². The minimum atomic E-state index is 0.197. The van der Waals surface area contributed by atoms with E-state index in [4.69, 9.17) is 0 Å². The highest BCUT2D eigenvalue weighted by Crippen LogP contribution is 2.29. The summed E-state index contributed by atoms with van der Waals surface area (Å²) in [6, 6.07) is 8.17. The summed E-state index contributed by atoms with van der Waals surface area (Å²) in [6.45, 7) is 4.77. The molecule has 0 radical (unpaired) electrons. The number of rotatable bonds is 1. The summed E-state index contributed by atoms with van der Waals surface area (Å²) in [4.78, 5) is 13.7. The van der Waals surface area contributed by atoms with Crippen molar-refractivity contribution in [2.45, 2.75) is 26.3 Å². The lowest BCUT2D eigenvalue weighted by atomic mass is 10.2. The van der Waals surface area contributed by atoms with Crippen LogP contribution in [0.4, 0.5) is 11.4 Å². The van der Waals surface area contributed by atoms with Crippen molar-refractivity contribution in [2.75, 3.05) is 16.8 Å². The second-order valence-corrected chi connectivity index (χ2v) is 3.90. The first-order chi connectivity index (χ1) is 7.22. The van der Waals surface area contributed by atoms with Crippen LogP contribution >= 0.6 is 0 Å². The van der Waals surface area contributed by atoms with Gasteiger partial charge in [-0.3, -0.25) is 4.79 Å². The van der Waals surface area contributed by atoms with E-state index in [0.29, 0.717) is 6.42 Å². The molecule has 1 heterocycles. The highest BCUT2D eigenvalue weighted by molar-refractivity contribution is 5.98. The van der Waals surface area contributed by atoms with Crippen molar-refractivity contribution in [3.8, 4) is 0 Å². The largest absolute Gasteiger partial charge is 0.380 e. The molecule has 80 valence electrons. The van der Waals surface area contributed by atoms with E-state index in [2.05, 4.69) is 5.32 Å². The molecule has 0 aliphatic carbocycles. The first-order valence-electron chi connectivity index (χ1n) is 5.38. The van der Waals surface area contributed by atoms with E-state index < -0.39 is 0 Å². The van der Waals surface area contributed by atoms with Crippen LogP contribution in [0.15, 0.2) is 24.3 Å². The Morgan fingerprint density at radius 1 is 1.47 bits per heavy atom. The Morgan fingerprint density at radius 3 is 2.93 bits per heavy atom. The number of hydrogen-bond donors (Lipinski definition) is 1. The van der Waals surface area contributed by atoms with Crippen LogP contribution in [0.2, 0.25) is 0 Å². The lowest BCUT2D eigenvalue weighted by Gasteiger charge is -2.20. The van der Waals surface area contributed by atoms with Crippen LogP contribution in [-0.2, 0) is 4.79 Å². The number of fused-ring (bicyclic) bond motifs is 1. The van der Waals surface area contributed by atoms with Gasteiger partial charge in [0.1, 0.15) is 0 Å². The fourth-order valence-corrected chi connectivity index (χ4v) is 2.00. The maximum Gasteiger partial charge on any atom is 0.229 e. The molecule has 1 aliphatic heterocycles. The monoisotopic (exact) mass is 204 g/mol. The maximum absolute atomic E-state index is 11.9. The van der Waals surface area contributed by atoms with E-state index in [0.717, 1.165) is 17.9 Å². The van der Waals surface area contributed by atoms with Gasteiger partial charge in [-0.25, -0.2) is 0 Å². The van der Waals surface area contributed by atoms with Gasteiger partial charge in [0.2, 0.25) is 5.91 Å². The minimum Gasteiger partial charge on any atom is -0.380 e. The van der Waals surface area contributed by atoms with Gasteiger partial charge >= 0.3 is 0 Å². The number of amides is 1. The highest BCUT2D eigenvalue weighted by Gasteiger charge is 2.23. The summed E-state index contributed by atoms with van der Waals surface area (Å²) in [6.07, 6.45) is 0.558. The van der Waals surface area contributed by atoms with E-state index in [1.807, 2.05) is 43.0 Å². The van der Waals surface area contributed by atoms with E-state index in [9.17, 15) is 4.79 Å². The van der Waals surface area contributed by atoms with Gasteiger partial charge in [0.25, 0.3) is 0 Å². The van der Waals surface area contributed by atoms with Gasteiger partial charge in [-0.2, -0.15) is 0 Å². The molecular weight excluding hydrogens is 188 g/mol. The van der Waals surface area contributed by atoms with Crippen LogP contribution in [0.3, 0.4) is 0 Å².